The molecule has 8 heteroatoms. The molecule has 0 saturated carbocycles. The largest absolute Gasteiger partial charge is 0.324 e. The van der Waals surface area contributed by atoms with Crippen LogP contribution < -0.4 is 0 Å². The number of hydrogen-bond donors (Lipinski definition) is 0. The number of carbonyl (C=O) groups is 2. The minimum Gasteiger partial charge on any atom is -0.324 e. The molecule has 0 unspecified atom stereocenters. The summed E-state index contributed by atoms with van der Waals surface area (Å²) in [5, 5.41) is 0.00945. The Hall–Kier alpha value is -2.58. The van der Waals surface area contributed by atoms with Crippen molar-refractivity contribution < 1.29 is 9.59 Å². The summed E-state index contributed by atoms with van der Waals surface area (Å²) in [6, 6.07) is 15.5. The fraction of sp³-hybridized carbons (Fsp3) is 0.304. The van der Waals surface area contributed by atoms with Gasteiger partial charge in [0.1, 0.15) is 0 Å². The van der Waals surface area contributed by atoms with Crippen LogP contribution >= 0.6 is 23.5 Å². The van der Waals surface area contributed by atoms with Crippen molar-refractivity contribution in [3.8, 4) is 0 Å². The molecule has 0 aliphatic rings. The number of hydrogen-bond acceptors (Lipinski definition) is 6. The van der Waals surface area contributed by atoms with Crippen LogP contribution in [0.5, 0.6) is 0 Å². The first-order valence-corrected chi connectivity index (χ1v) is 12.2. The van der Waals surface area contributed by atoms with Crippen LogP contribution in [-0.2, 0) is 14.1 Å². The van der Waals surface area contributed by atoms with Gasteiger partial charge in [0.15, 0.2) is 11.6 Å². The van der Waals surface area contributed by atoms with E-state index >= 15 is 0 Å². The monoisotopic (exact) mass is 452 g/mol. The van der Waals surface area contributed by atoms with E-state index in [1.165, 1.54) is 23.5 Å². The van der Waals surface area contributed by atoms with Gasteiger partial charge in [0.25, 0.3) is 10.2 Å². The minimum absolute atomic E-state index is 0.00472. The summed E-state index contributed by atoms with van der Waals surface area (Å²) in [5.74, 6) is 2.50. The zero-order chi connectivity index (χ0) is 21.8. The van der Waals surface area contributed by atoms with E-state index in [1.54, 1.807) is 0 Å². The number of aromatic nitrogens is 4. The number of nitrogens with zero attached hydrogens (tertiary/aromatic N) is 4. The van der Waals surface area contributed by atoms with Crippen LogP contribution in [0.25, 0.3) is 22.1 Å². The molecule has 2 aromatic carbocycles. The van der Waals surface area contributed by atoms with Crippen molar-refractivity contribution in [2.24, 2.45) is 14.1 Å². The van der Waals surface area contributed by atoms with Crippen molar-refractivity contribution in [3.05, 3.63) is 60.2 Å². The van der Waals surface area contributed by atoms with E-state index in [4.69, 9.17) is 0 Å². The Balaban J connectivity index is 1.18. The summed E-state index contributed by atoms with van der Waals surface area (Å²) in [6.45, 7) is 0. The van der Waals surface area contributed by atoms with E-state index in [2.05, 4.69) is 9.97 Å². The first-order chi connectivity index (χ1) is 15.1. The Bertz CT molecular complexity index is 1150. The highest BCUT2D eigenvalue weighted by molar-refractivity contribution is 8.14. The third kappa shape index (κ3) is 4.70. The molecule has 0 spiro atoms. The summed E-state index contributed by atoms with van der Waals surface area (Å²) < 4.78 is 3.71. The molecule has 0 saturated heterocycles. The number of para-hydroxylation sites is 4. The highest BCUT2D eigenvalue weighted by atomic mass is 32.2. The normalized spacial score (nSPS) is 11.4. The molecule has 0 aliphatic carbocycles. The predicted octanol–water partition coefficient (Wildman–Crippen LogP) is 5.08. The molecule has 0 bridgehead atoms. The molecule has 4 rings (SSSR count). The minimum atomic E-state index is 0.00472. The van der Waals surface area contributed by atoms with Gasteiger partial charge >= 0.3 is 0 Å². The zero-order valence-electron chi connectivity index (χ0n) is 17.6. The highest BCUT2D eigenvalue weighted by Gasteiger charge is 2.16. The molecular weight excluding hydrogens is 428 g/mol. The van der Waals surface area contributed by atoms with E-state index in [1.807, 2.05) is 71.8 Å². The fourth-order valence-corrected chi connectivity index (χ4v) is 5.19. The van der Waals surface area contributed by atoms with Gasteiger partial charge in [-0.1, -0.05) is 54.2 Å². The van der Waals surface area contributed by atoms with Gasteiger partial charge in [-0.3, -0.25) is 9.59 Å². The summed E-state index contributed by atoms with van der Waals surface area (Å²) in [7, 11) is 3.75. The lowest BCUT2D eigenvalue weighted by Crippen LogP contribution is -2.05. The van der Waals surface area contributed by atoms with E-state index in [9.17, 15) is 9.59 Å². The third-order valence-electron chi connectivity index (χ3n) is 5.19. The number of rotatable bonds is 8. The average Bonchev–Trinajstić information content (AvgIpc) is 3.30. The highest BCUT2D eigenvalue weighted by Crippen LogP contribution is 2.21. The van der Waals surface area contributed by atoms with Crippen molar-refractivity contribution in [3.63, 3.8) is 0 Å². The number of aryl methyl sites for hydroxylation is 2. The topological polar surface area (TPSA) is 69.8 Å². The summed E-state index contributed by atoms with van der Waals surface area (Å²) in [5.41, 5.74) is 3.62. The molecule has 0 atom stereocenters. The van der Waals surface area contributed by atoms with Gasteiger partial charge in [0.05, 0.1) is 22.1 Å². The lowest BCUT2D eigenvalue weighted by atomic mass is 10.3. The Morgan fingerprint density at radius 3 is 1.55 bits per heavy atom. The van der Waals surface area contributed by atoms with Crippen LogP contribution in [0, 0.1) is 0 Å². The maximum absolute atomic E-state index is 12.5. The molecule has 2 aromatic heterocycles. The lowest BCUT2D eigenvalue weighted by molar-refractivity contribution is 0.107. The molecule has 6 nitrogen and oxygen atoms in total. The van der Waals surface area contributed by atoms with E-state index in [0.717, 1.165) is 52.8 Å². The summed E-state index contributed by atoms with van der Waals surface area (Å²) in [4.78, 5) is 33.9. The molecule has 0 N–H and O–H groups in total. The molecule has 4 aromatic rings. The van der Waals surface area contributed by atoms with Gasteiger partial charge in [-0.15, -0.1) is 0 Å². The number of fused-ring (bicyclic) bond motifs is 2. The Kier molecular flexibility index (Phi) is 6.77. The van der Waals surface area contributed by atoms with Crippen molar-refractivity contribution in [2.75, 3.05) is 11.5 Å². The predicted molar refractivity (Wildman–Crippen MR) is 129 cm³/mol. The fourth-order valence-electron chi connectivity index (χ4n) is 3.50. The van der Waals surface area contributed by atoms with Gasteiger partial charge in [-0.2, -0.15) is 0 Å². The number of imidazole rings is 2. The van der Waals surface area contributed by atoms with Crippen molar-refractivity contribution in [1.29, 1.82) is 0 Å². The second-order valence-electron chi connectivity index (χ2n) is 7.30. The van der Waals surface area contributed by atoms with Crippen LogP contribution in [0.2, 0.25) is 0 Å². The standard InChI is InChI=1S/C23H24N4O2S2/c1-26-18-12-6-4-10-16(18)24-20(26)22(28)30-14-8-3-9-15-31-23(29)21-25-17-11-5-7-13-19(17)27(21)2/h4-7,10-13H,3,8-9,14-15H2,1-2H3. The SMILES string of the molecule is Cn1c(C(=O)SCCCCCSC(=O)c2nc3ccccc3n2C)nc2ccccc21. The second kappa shape index (κ2) is 9.70. The van der Waals surface area contributed by atoms with E-state index in [0.29, 0.717) is 11.6 Å². The number of unbranched alkanes of at least 4 members (excludes halogenated alkanes) is 2. The molecule has 31 heavy (non-hydrogen) atoms. The van der Waals surface area contributed by atoms with Crippen LogP contribution in [0.15, 0.2) is 48.5 Å². The molecule has 0 amide bonds. The summed E-state index contributed by atoms with van der Waals surface area (Å²) in [6.07, 6.45) is 2.84. The first kappa shape index (κ1) is 21.6. The lowest BCUT2D eigenvalue weighted by Gasteiger charge is -2.03. The molecule has 2 heterocycles. The van der Waals surface area contributed by atoms with Gasteiger partial charge in [-0.05, 0) is 37.1 Å². The summed E-state index contributed by atoms with van der Waals surface area (Å²) >= 11 is 2.63. The zero-order valence-corrected chi connectivity index (χ0v) is 19.2. The second-order valence-corrected chi connectivity index (χ2v) is 9.43. The maximum atomic E-state index is 12.5. The van der Waals surface area contributed by atoms with Gasteiger partial charge in [0.2, 0.25) is 0 Å². The number of thioether (sulfide) groups is 2. The molecule has 160 valence electrons. The van der Waals surface area contributed by atoms with E-state index in [-0.39, 0.29) is 10.2 Å². The van der Waals surface area contributed by atoms with Crippen molar-refractivity contribution >= 4 is 55.8 Å². The quantitative estimate of drug-likeness (QED) is 0.347. The smallest absolute Gasteiger partial charge is 0.254 e. The van der Waals surface area contributed by atoms with Crippen LogP contribution in [0.3, 0.4) is 0 Å². The molecule has 0 aliphatic heterocycles. The van der Waals surface area contributed by atoms with Gasteiger partial charge < -0.3 is 9.13 Å². The van der Waals surface area contributed by atoms with Crippen LogP contribution in [-0.4, -0.2) is 40.8 Å². The third-order valence-corrected chi connectivity index (χ3v) is 7.07. The Morgan fingerprint density at radius 2 is 1.13 bits per heavy atom. The van der Waals surface area contributed by atoms with Gasteiger partial charge in [0, 0.05) is 25.6 Å². The Morgan fingerprint density at radius 1 is 0.710 bits per heavy atom. The molecular formula is C23H24N4O2S2. The van der Waals surface area contributed by atoms with Crippen LogP contribution in [0.4, 0.5) is 0 Å². The number of carbonyl (C=O) groups excluding carboxylic acids is 2. The number of benzene rings is 2. The molecule has 0 fully saturated rings. The van der Waals surface area contributed by atoms with Crippen LogP contribution in [0.1, 0.15) is 40.5 Å². The average molecular weight is 453 g/mol. The molecule has 0 radical (unpaired) electrons. The van der Waals surface area contributed by atoms with E-state index < -0.39 is 0 Å². The van der Waals surface area contributed by atoms with Crippen molar-refractivity contribution in [1.82, 2.24) is 19.1 Å². The Labute approximate surface area is 189 Å². The van der Waals surface area contributed by atoms with Crippen molar-refractivity contribution in [2.45, 2.75) is 19.3 Å². The first-order valence-electron chi connectivity index (χ1n) is 10.2. The maximum Gasteiger partial charge on any atom is 0.254 e. The van der Waals surface area contributed by atoms with Gasteiger partial charge in [-0.25, -0.2) is 9.97 Å².